The molecule has 0 aliphatic carbocycles. The second-order valence-corrected chi connectivity index (χ2v) is 0.848. The molecule has 0 saturated carbocycles. The van der Waals surface area contributed by atoms with Crippen LogP contribution >= 0.6 is 0 Å². The Balaban J connectivity index is -0.0000000450. The van der Waals surface area contributed by atoms with Gasteiger partial charge in [0.05, 0.1) is 0 Å². The van der Waals surface area contributed by atoms with E-state index in [2.05, 4.69) is 0 Å². The molecule has 0 radical (unpaired) electrons. The van der Waals surface area contributed by atoms with Gasteiger partial charge in [0.25, 0.3) is 0 Å². The number of hydrogen-bond acceptors (Lipinski definition) is 1. The Morgan fingerprint density at radius 1 is 1.60 bits per heavy atom. The van der Waals surface area contributed by atoms with Crippen LogP contribution in [0.1, 0.15) is 1.43 Å². The molecule has 5 heteroatoms. The van der Waals surface area contributed by atoms with E-state index in [1.807, 2.05) is 0 Å². The van der Waals surface area contributed by atoms with Crippen molar-refractivity contribution in [3.05, 3.63) is 0 Å². The molecule has 5 heavy (non-hydrogen) atoms. The van der Waals surface area contributed by atoms with Gasteiger partial charge < -0.3 is 9.59 Å². The van der Waals surface area contributed by atoms with Crippen molar-refractivity contribution in [2.24, 2.45) is 0 Å². The van der Waals surface area contributed by atoms with Gasteiger partial charge in [-0.15, -0.1) is 0 Å². The molecule has 0 aliphatic heterocycles. The van der Waals surface area contributed by atoms with Gasteiger partial charge >= 0.3 is 28.0 Å². The molecule has 0 heterocycles. The summed E-state index contributed by atoms with van der Waals surface area (Å²) in [6.07, 6.45) is 0. The molecule has 2 N–H and O–H groups in total. The summed E-state index contributed by atoms with van der Waals surface area (Å²) in [4.78, 5) is 14.3. The first-order chi connectivity index (χ1) is 1.73. The van der Waals surface area contributed by atoms with Crippen molar-refractivity contribution in [2.75, 3.05) is 0 Å². The van der Waals surface area contributed by atoms with Crippen molar-refractivity contribution < 1.29 is 15.5 Å². The predicted octanol–water partition coefficient (Wildman–Crippen LogP) is -1.88. The van der Waals surface area contributed by atoms with E-state index in [-0.39, 0.29) is 18.8 Å². The van der Waals surface area contributed by atoms with Crippen molar-refractivity contribution in [3.8, 4) is 0 Å². The summed E-state index contributed by atoms with van der Waals surface area (Å²) in [5.41, 5.74) is 0. The first-order valence-corrected chi connectivity index (χ1v) is 1.95. The van der Waals surface area contributed by atoms with Crippen LogP contribution in [-0.2, 0) is 4.46 Å². The quantitative estimate of drug-likeness (QED) is 0.355. The zero-order valence-corrected chi connectivity index (χ0v) is 4.53. The van der Waals surface area contributed by atoms with Crippen molar-refractivity contribution in [1.82, 2.24) is 0 Å². The van der Waals surface area contributed by atoms with Crippen LogP contribution in [0.15, 0.2) is 0 Å². The van der Waals surface area contributed by atoms with E-state index in [9.17, 15) is 0 Å². The fourth-order valence-electron chi connectivity index (χ4n) is 0. The zero-order valence-electron chi connectivity index (χ0n) is 3.38. The maximum atomic E-state index is 8.74. The van der Waals surface area contributed by atoms with Crippen molar-refractivity contribution in [2.45, 2.75) is 0 Å². The third-order valence-electron chi connectivity index (χ3n) is 0. The van der Waals surface area contributed by atoms with E-state index in [1.54, 1.807) is 0 Å². The average Bonchev–Trinajstić information content (AvgIpc) is 0.811. The van der Waals surface area contributed by atoms with Crippen LogP contribution in [0, 0.1) is 0 Å². The number of hydrogen-bond donors (Lipinski definition) is 2. The Hall–Kier alpha value is 0.149. The molecule has 0 unspecified atom stereocenters. The zero-order chi connectivity index (χ0) is 3.58. The molecule has 0 bridgehead atoms. The first-order valence-electron chi connectivity index (χ1n) is 0.651. The van der Waals surface area contributed by atoms with Gasteiger partial charge in [-0.25, -0.2) is 0 Å². The molecule has 0 amide bonds. The van der Waals surface area contributed by atoms with Crippen LogP contribution in [-0.4, -0.2) is 36.1 Å². The molecule has 0 aromatic rings. The van der Waals surface area contributed by atoms with E-state index in [1.165, 1.54) is 0 Å². The molecular formula is H3AlO3Si+4. The molecule has 0 aromatic heterocycles. The third-order valence-corrected chi connectivity index (χ3v) is 0. The van der Waals surface area contributed by atoms with Crippen LogP contribution in [0.4, 0.5) is 0 Å². The summed E-state index contributed by atoms with van der Waals surface area (Å²) in [6, 6.07) is 0. The van der Waals surface area contributed by atoms with E-state index < -0.39 is 9.17 Å². The Morgan fingerprint density at radius 2 is 1.60 bits per heavy atom. The molecule has 0 saturated heterocycles. The Bertz CT molecular complexity index is 33.8. The molecule has 0 atom stereocenters. The largest absolute Gasteiger partial charge is 3.00 e. The van der Waals surface area contributed by atoms with E-state index >= 15 is 0 Å². The van der Waals surface area contributed by atoms with Gasteiger partial charge in [0.15, 0.2) is 0 Å². The summed E-state index contributed by atoms with van der Waals surface area (Å²) < 4.78 is 8.74. The minimum absolute atomic E-state index is 0. The van der Waals surface area contributed by atoms with Crippen LogP contribution < -0.4 is 0 Å². The predicted molar refractivity (Wildman–Crippen MR) is 17.7 cm³/mol. The summed E-state index contributed by atoms with van der Waals surface area (Å²) >= 11 is 0. The summed E-state index contributed by atoms with van der Waals surface area (Å²) in [7, 11) is -3.13. The van der Waals surface area contributed by atoms with Gasteiger partial charge in [-0.3, -0.25) is 4.46 Å². The van der Waals surface area contributed by atoms with E-state index in [4.69, 9.17) is 14.1 Å². The van der Waals surface area contributed by atoms with Gasteiger partial charge in [0, 0.05) is 0 Å². The topological polar surface area (TPSA) is 57.5 Å². The van der Waals surface area contributed by atoms with Crippen LogP contribution in [0.3, 0.4) is 0 Å². The molecule has 24 valence electrons. The smallest absolute Gasteiger partial charge is 0.511 e. The monoisotopic (exact) mass is 106 g/mol. The first kappa shape index (κ1) is 8.94. The van der Waals surface area contributed by atoms with Gasteiger partial charge in [0.2, 0.25) is 0 Å². The van der Waals surface area contributed by atoms with Gasteiger partial charge in [-0.05, 0) is 0 Å². The van der Waals surface area contributed by atoms with Crippen LogP contribution in [0.25, 0.3) is 0 Å². The van der Waals surface area contributed by atoms with Gasteiger partial charge in [0.1, 0.15) is 0 Å². The van der Waals surface area contributed by atoms with E-state index in [0.29, 0.717) is 0 Å². The fraction of sp³-hybridized carbons (Fsp3) is 0. The normalized spacial score (nSPS) is 4.80. The van der Waals surface area contributed by atoms with E-state index in [0.717, 1.165) is 0 Å². The molecule has 0 rings (SSSR count). The molecular weight excluding hydrogens is 103 g/mol. The SMILES string of the molecule is O=[Si](O)O.[Al+3].[H+]. The molecule has 0 spiro atoms. The van der Waals surface area contributed by atoms with Crippen molar-refractivity contribution in [1.29, 1.82) is 0 Å². The van der Waals surface area contributed by atoms with Crippen molar-refractivity contribution >= 4 is 26.5 Å². The van der Waals surface area contributed by atoms with Crippen molar-refractivity contribution in [3.63, 3.8) is 0 Å². The van der Waals surface area contributed by atoms with Crippen LogP contribution in [0.5, 0.6) is 0 Å². The molecule has 3 nitrogen and oxygen atoms in total. The Kier molecular flexibility index (Phi) is 7.42. The molecule has 0 fully saturated rings. The second-order valence-electron chi connectivity index (χ2n) is 0.283. The number of rotatable bonds is 0. The third kappa shape index (κ3) is 859. The second kappa shape index (κ2) is 4.15. The maximum Gasteiger partial charge on any atom is 3.00 e. The van der Waals surface area contributed by atoms with Gasteiger partial charge in [-0.2, -0.15) is 0 Å². The molecule has 0 aliphatic rings. The Labute approximate surface area is 42.8 Å². The van der Waals surface area contributed by atoms with Gasteiger partial charge in [-0.1, -0.05) is 0 Å². The average molecular weight is 106 g/mol. The summed E-state index contributed by atoms with van der Waals surface area (Å²) in [6.45, 7) is 0. The summed E-state index contributed by atoms with van der Waals surface area (Å²) in [5.74, 6) is 0. The maximum absolute atomic E-state index is 8.74. The van der Waals surface area contributed by atoms with Crippen LogP contribution in [0.2, 0.25) is 0 Å². The minimum Gasteiger partial charge on any atom is -0.511 e. The molecule has 0 aromatic carbocycles. The Morgan fingerprint density at radius 3 is 1.60 bits per heavy atom. The standard InChI is InChI=1S/Al.H2O3Si/c;1-4(2)3/h;1-2H/q+3;/p+1. The fourth-order valence-corrected chi connectivity index (χ4v) is 0. The minimum atomic E-state index is -3.13. The summed E-state index contributed by atoms with van der Waals surface area (Å²) in [5, 5.41) is 0.